The van der Waals surface area contributed by atoms with Gasteiger partial charge in [-0.05, 0) is 48.9 Å². The number of carbonyl (C=O) groups is 2. The van der Waals surface area contributed by atoms with Crippen molar-refractivity contribution in [1.82, 2.24) is 4.90 Å². The van der Waals surface area contributed by atoms with Crippen LogP contribution >= 0.6 is 11.8 Å². The van der Waals surface area contributed by atoms with Crippen molar-refractivity contribution >= 4 is 29.1 Å². The van der Waals surface area contributed by atoms with Gasteiger partial charge in [-0.2, -0.15) is 0 Å². The Labute approximate surface area is 189 Å². The summed E-state index contributed by atoms with van der Waals surface area (Å²) in [5, 5.41) is 0. The Morgan fingerprint density at radius 3 is 2.19 bits per heavy atom. The van der Waals surface area contributed by atoms with Crippen LogP contribution in [0.2, 0.25) is 0 Å². The van der Waals surface area contributed by atoms with Crippen LogP contribution in [-0.2, 0) is 15.3 Å². The molecule has 0 spiro atoms. The highest BCUT2D eigenvalue weighted by molar-refractivity contribution is 8.03. The maximum Gasteiger partial charge on any atom is 0.268 e. The summed E-state index contributed by atoms with van der Waals surface area (Å²) in [6.07, 6.45) is 7.68. The standard InChI is InChI=1S/C27H31NO2S/c1-19-15-16-22(17-20(19)2)24-25(31-18-21-11-7-6-8-12-21)27(30)28(26(24)29)23-13-9-4-3-5-10-14-23/h6-8,11-12,15-17,23H,3-5,9-10,13-14,18H2,1-2H3. The summed E-state index contributed by atoms with van der Waals surface area (Å²) < 4.78 is 0. The molecule has 4 rings (SSSR count). The molecule has 0 unspecified atom stereocenters. The number of amides is 2. The quantitative estimate of drug-likeness (QED) is 0.510. The van der Waals surface area contributed by atoms with Crippen molar-refractivity contribution in [3.8, 4) is 0 Å². The molecular formula is C27H31NO2S. The zero-order valence-electron chi connectivity index (χ0n) is 18.5. The third-order valence-corrected chi connectivity index (χ3v) is 7.68. The first-order chi connectivity index (χ1) is 15.1. The molecule has 2 amide bonds. The second kappa shape index (κ2) is 9.86. The summed E-state index contributed by atoms with van der Waals surface area (Å²) in [4.78, 5) is 29.5. The summed E-state index contributed by atoms with van der Waals surface area (Å²) in [7, 11) is 0. The molecule has 31 heavy (non-hydrogen) atoms. The van der Waals surface area contributed by atoms with Crippen molar-refractivity contribution in [3.63, 3.8) is 0 Å². The van der Waals surface area contributed by atoms with Crippen LogP contribution in [0.25, 0.3) is 5.57 Å². The van der Waals surface area contributed by atoms with E-state index in [2.05, 4.69) is 32.0 Å². The Morgan fingerprint density at radius 1 is 0.839 bits per heavy atom. The molecule has 1 heterocycles. The molecule has 0 N–H and O–H groups in total. The van der Waals surface area contributed by atoms with Crippen molar-refractivity contribution < 1.29 is 9.59 Å². The lowest BCUT2D eigenvalue weighted by Gasteiger charge is -2.28. The maximum atomic E-state index is 13.7. The molecule has 0 saturated heterocycles. The van der Waals surface area contributed by atoms with Crippen molar-refractivity contribution in [1.29, 1.82) is 0 Å². The minimum absolute atomic E-state index is 0.0247. The Kier molecular flexibility index (Phi) is 6.96. The second-order valence-corrected chi connectivity index (χ2v) is 9.74. The van der Waals surface area contributed by atoms with Gasteiger partial charge in [0.2, 0.25) is 0 Å². The van der Waals surface area contributed by atoms with Gasteiger partial charge in [0.05, 0.1) is 10.5 Å². The first kappa shape index (κ1) is 21.9. The third-order valence-electron chi connectivity index (χ3n) is 6.53. The number of aryl methyl sites for hydroxylation is 2. The van der Waals surface area contributed by atoms with E-state index < -0.39 is 0 Å². The average Bonchev–Trinajstić information content (AvgIpc) is 2.99. The van der Waals surface area contributed by atoms with E-state index in [9.17, 15) is 9.59 Å². The molecule has 3 nitrogen and oxygen atoms in total. The van der Waals surface area contributed by atoms with Crippen LogP contribution in [0, 0.1) is 13.8 Å². The number of rotatable bonds is 5. The summed E-state index contributed by atoms with van der Waals surface area (Å²) in [5.41, 5.74) is 4.95. The fraction of sp³-hybridized carbons (Fsp3) is 0.407. The molecule has 1 fully saturated rings. The van der Waals surface area contributed by atoms with Crippen LogP contribution in [0.4, 0.5) is 0 Å². The highest BCUT2D eigenvalue weighted by Gasteiger charge is 2.42. The minimum atomic E-state index is -0.102. The van der Waals surface area contributed by atoms with E-state index in [1.807, 2.05) is 30.3 Å². The van der Waals surface area contributed by atoms with Crippen LogP contribution in [0.5, 0.6) is 0 Å². The van der Waals surface area contributed by atoms with E-state index in [0.29, 0.717) is 16.2 Å². The number of imide groups is 1. The van der Waals surface area contributed by atoms with Gasteiger partial charge in [-0.1, -0.05) is 80.6 Å². The summed E-state index contributed by atoms with van der Waals surface area (Å²) in [6.45, 7) is 4.13. The van der Waals surface area contributed by atoms with Crippen molar-refractivity contribution in [2.24, 2.45) is 0 Å². The number of carbonyl (C=O) groups excluding carboxylic acids is 2. The lowest BCUT2D eigenvalue weighted by atomic mass is 9.95. The van der Waals surface area contributed by atoms with Gasteiger partial charge >= 0.3 is 0 Å². The molecule has 2 aromatic rings. The highest BCUT2D eigenvalue weighted by atomic mass is 32.2. The SMILES string of the molecule is Cc1ccc(C2=C(SCc3ccccc3)C(=O)N(C3CCCCCCC3)C2=O)cc1C. The number of hydrogen-bond acceptors (Lipinski definition) is 3. The number of benzene rings is 2. The Morgan fingerprint density at radius 2 is 1.52 bits per heavy atom. The molecule has 4 heteroatoms. The fourth-order valence-corrected chi connectivity index (χ4v) is 5.64. The molecule has 0 radical (unpaired) electrons. The van der Waals surface area contributed by atoms with Gasteiger partial charge < -0.3 is 0 Å². The normalized spacial score (nSPS) is 18.5. The van der Waals surface area contributed by atoms with Crippen LogP contribution in [0.1, 0.15) is 67.2 Å². The van der Waals surface area contributed by atoms with E-state index in [4.69, 9.17) is 0 Å². The molecule has 0 aromatic heterocycles. The number of hydrogen-bond donors (Lipinski definition) is 0. The van der Waals surface area contributed by atoms with E-state index in [0.717, 1.165) is 42.4 Å². The summed E-state index contributed by atoms with van der Waals surface area (Å²) >= 11 is 1.51. The molecule has 1 aliphatic heterocycles. The lowest BCUT2D eigenvalue weighted by molar-refractivity contribution is -0.139. The monoisotopic (exact) mass is 433 g/mol. The van der Waals surface area contributed by atoms with Gasteiger partial charge in [-0.25, -0.2) is 0 Å². The van der Waals surface area contributed by atoms with Crippen molar-refractivity contribution in [2.75, 3.05) is 0 Å². The first-order valence-corrected chi connectivity index (χ1v) is 12.4. The lowest BCUT2D eigenvalue weighted by Crippen LogP contribution is -2.41. The Hall–Kier alpha value is -2.33. The molecule has 1 aliphatic carbocycles. The van der Waals surface area contributed by atoms with E-state index >= 15 is 0 Å². The van der Waals surface area contributed by atoms with Crippen molar-refractivity contribution in [3.05, 3.63) is 75.7 Å². The summed E-state index contributed by atoms with van der Waals surface area (Å²) in [6, 6.07) is 16.3. The van der Waals surface area contributed by atoms with E-state index in [-0.39, 0.29) is 17.9 Å². The molecule has 0 bridgehead atoms. The van der Waals surface area contributed by atoms with Gasteiger partial charge in [-0.15, -0.1) is 11.8 Å². The predicted molar refractivity (Wildman–Crippen MR) is 129 cm³/mol. The largest absolute Gasteiger partial charge is 0.271 e. The Bertz CT molecular complexity index is 988. The molecule has 1 saturated carbocycles. The zero-order chi connectivity index (χ0) is 21.8. The topological polar surface area (TPSA) is 37.4 Å². The zero-order valence-corrected chi connectivity index (χ0v) is 19.3. The molecule has 0 atom stereocenters. The van der Waals surface area contributed by atoms with Gasteiger partial charge in [-0.3, -0.25) is 14.5 Å². The fourth-order valence-electron chi connectivity index (χ4n) is 4.57. The van der Waals surface area contributed by atoms with Gasteiger partial charge in [0.1, 0.15) is 0 Å². The van der Waals surface area contributed by atoms with Crippen LogP contribution < -0.4 is 0 Å². The van der Waals surface area contributed by atoms with Gasteiger partial charge in [0, 0.05) is 11.8 Å². The minimum Gasteiger partial charge on any atom is -0.271 e. The number of nitrogens with zero attached hydrogens (tertiary/aromatic N) is 1. The van der Waals surface area contributed by atoms with Crippen LogP contribution in [0.3, 0.4) is 0 Å². The smallest absolute Gasteiger partial charge is 0.268 e. The Balaban J connectivity index is 1.68. The maximum absolute atomic E-state index is 13.7. The molecule has 2 aromatic carbocycles. The number of thioether (sulfide) groups is 1. The highest BCUT2D eigenvalue weighted by Crippen LogP contribution is 2.40. The van der Waals surface area contributed by atoms with Crippen LogP contribution in [-0.4, -0.2) is 22.8 Å². The molecule has 162 valence electrons. The average molecular weight is 434 g/mol. The molecule has 2 aliphatic rings. The van der Waals surface area contributed by atoms with Crippen LogP contribution in [0.15, 0.2) is 53.4 Å². The van der Waals surface area contributed by atoms with Gasteiger partial charge in [0.15, 0.2) is 0 Å². The predicted octanol–water partition coefficient (Wildman–Crippen LogP) is 6.43. The van der Waals surface area contributed by atoms with Crippen molar-refractivity contribution in [2.45, 2.75) is 70.6 Å². The van der Waals surface area contributed by atoms with E-state index in [1.54, 1.807) is 4.90 Å². The summed E-state index contributed by atoms with van der Waals surface area (Å²) in [5.74, 6) is 0.487. The second-order valence-electron chi connectivity index (χ2n) is 8.76. The van der Waals surface area contributed by atoms with Gasteiger partial charge in [0.25, 0.3) is 11.8 Å². The first-order valence-electron chi connectivity index (χ1n) is 11.4. The third kappa shape index (κ3) is 4.79. The van der Waals surface area contributed by atoms with E-state index in [1.165, 1.54) is 36.6 Å². The molecular weight excluding hydrogens is 402 g/mol.